The highest BCUT2D eigenvalue weighted by Crippen LogP contribution is 2.24. The Hall–Kier alpha value is -3.45. The number of thiazole rings is 1. The zero-order valence-electron chi connectivity index (χ0n) is 18.5. The Balaban J connectivity index is 1.36. The zero-order chi connectivity index (χ0) is 22.2. The quantitative estimate of drug-likeness (QED) is 0.315. The molecule has 4 aromatic rings. The van der Waals surface area contributed by atoms with E-state index in [9.17, 15) is 0 Å². The molecule has 2 aromatic carbocycles. The lowest BCUT2D eigenvalue weighted by Crippen LogP contribution is -2.37. The third kappa shape index (κ3) is 5.82. The highest BCUT2D eigenvalue weighted by Gasteiger charge is 2.07. The van der Waals surface area contributed by atoms with E-state index >= 15 is 0 Å². The van der Waals surface area contributed by atoms with E-state index < -0.39 is 0 Å². The van der Waals surface area contributed by atoms with Gasteiger partial charge in [-0.15, -0.1) is 11.3 Å². The van der Waals surface area contributed by atoms with Crippen molar-refractivity contribution < 1.29 is 0 Å². The summed E-state index contributed by atoms with van der Waals surface area (Å²) < 4.78 is 2.07. The molecule has 0 aliphatic rings. The molecule has 0 fully saturated rings. The summed E-state index contributed by atoms with van der Waals surface area (Å²) in [6, 6.07) is 17.2. The minimum atomic E-state index is 0.697. The summed E-state index contributed by atoms with van der Waals surface area (Å²) >= 11 is 1.74. The molecule has 0 atom stereocenters. The first-order valence-corrected chi connectivity index (χ1v) is 11.5. The smallest absolute Gasteiger partial charge is 0.191 e. The molecule has 0 amide bonds. The van der Waals surface area contributed by atoms with Gasteiger partial charge < -0.3 is 15.2 Å². The van der Waals surface area contributed by atoms with E-state index in [1.807, 2.05) is 18.7 Å². The Morgan fingerprint density at radius 2 is 1.94 bits per heavy atom. The normalized spacial score (nSPS) is 11.5. The van der Waals surface area contributed by atoms with Crippen LogP contribution in [0.1, 0.15) is 21.0 Å². The van der Waals surface area contributed by atoms with Crippen molar-refractivity contribution in [2.75, 3.05) is 13.6 Å². The topological polar surface area (TPSA) is 67.1 Å². The molecule has 0 saturated carbocycles. The predicted octanol–water partition coefficient (Wildman–Crippen LogP) is 4.27. The molecule has 0 aliphatic carbocycles. The molecule has 2 N–H and O–H groups in total. The van der Waals surface area contributed by atoms with Crippen LogP contribution in [0.25, 0.3) is 11.1 Å². The first-order valence-electron chi connectivity index (χ1n) is 10.7. The van der Waals surface area contributed by atoms with Gasteiger partial charge in [-0.25, -0.2) is 9.97 Å². The maximum atomic E-state index is 4.42. The molecule has 2 heterocycles. The first-order chi connectivity index (χ1) is 15.7. The van der Waals surface area contributed by atoms with Gasteiger partial charge in [-0.2, -0.15) is 0 Å². The molecule has 2 aromatic heterocycles. The van der Waals surface area contributed by atoms with Gasteiger partial charge in [-0.05, 0) is 29.2 Å². The van der Waals surface area contributed by atoms with Crippen LogP contribution in [-0.4, -0.2) is 34.1 Å². The third-order valence-corrected chi connectivity index (χ3v) is 6.15. The van der Waals surface area contributed by atoms with E-state index in [4.69, 9.17) is 0 Å². The number of guanidine groups is 1. The van der Waals surface area contributed by atoms with Crippen LogP contribution in [0.5, 0.6) is 0 Å². The molecule has 0 radical (unpaired) electrons. The SMILES string of the molecule is CN=C(NCCc1ncc(C)s1)NCc1ccccc1-c1ccc(Cn2ccnc2)cc1. The monoisotopic (exact) mass is 444 g/mol. The van der Waals surface area contributed by atoms with Crippen molar-refractivity contribution in [3.05, 3.63) is 94.5 Å². The van der Waals surface area contributed by atoms with Crippen LogP contribution in [0, 0.1) is 6.92 Å². The lowest BCUT2D eigenvalue weighted by atomic mass is 9.98. The fraction of sp³-hybridized carbons (Fsp3) is 0.240. The van der Waals surface area contributed by atoms with Gasteiger partial charge in [0, 0.05) is 56.6 Å². The van der Waals surface area contributed by atoms with E-state index in [-0.39, 0.29) is 0 Å². The number of nitrogens with zero attached hydrogens (tertiary/aromatic N) is 4. The Labute approximate surface area is 193 Å². The molecule has 0 unspecified atom stereocenters. The van der Waals surface area contributed by atoms with Crippen LogP contribution in [-0.2, 0) is 19.5 Å². The average Bonchev–Trinajstić information content (AvgIpc) is 3.48. The molecular formula is C25H28N6S. The van der Waals surface area contributed by atoms with E-state index in [0.717, 1.165) is 30.5 Å². The number of hydrogen-bond donors (Lipinski definition) is 2. The van der Waals surface area contributed by atoms with Gasteiger partial charge in [0.05, 0.1) is 11.3 Å². The van der Waals surface area contributed by atoms with E-state index in [0.29, 0.717) is 6.54 Å². The second kappa shape index (κ2) is 10.7. The van der Waals surface area contributed by atoms with Gasteiger partial charge in [0.25, 0.3) is 0 Å². The van der Waals surface area contributed by atoms with Crippen molar-refractivity contribution in [1.82, 2.24) is 25.2 Å². The summed E-state index contributed by atoms with van der Waals surface area (Å²) in [4.78, 5) is 14.1. The summed E-state index contributed by atoms with van der Waals surface area (Å²) in [7, 11) is 1.80. The molecule has 0 aliphatic heterocycles. The Morgan fingerprint density at radius 1 is 1.09 bits per heavy atom. The van der Waals surface area contributed by atoms with Gasteiger partial charge in [-0.1, -0.05) is 48.5 Å². The van der Waals surface area contributed by atoms with Gasteiger partial charge >= 0.3 is 0 Å². The largest absolute Gasteiger partial charge is 0.356 e. The number of imidazole rings is 1. The minimum absolute atomic E-state index is 0.697. The van der Waals surface area contributed by atoms with Crippen molar-refractivity contribution in [3.63, 3.8) is 0 Å². The minimum Gasteiger partial charge on any atom is -0.356 e. The lowest BCUT2D eigenvalue weighted by Gasteiger charge is -2.14. The van der Waals surface area contributed by atoms with Crippen molar-refractivity contribution in [3.8, 4) is 11.1 Å². The standard InChI is InChI=1S/C25H28N6S/c1-19-15-29-24(32-19)11-12-28-25(26-2)30-16-22-5-3-4-6-23(22)21-9-7-20(8-10-21)17-31-14-13-27-18-31/h3-10,13-15,18H,11-12,16-17H2,1-2H3,(H2,26,28,30). The van der Waals surface area contributed by atoms with Crippen LogP contribution >= 0.6 is 11.3 Å². The molecule has 6 nitrogen and oxygen atoms in total. The van der Waals surface area contributed by atoms with Crippen LogP contribution in [0.2, 0.25) is 0 Å². The molecule has 7 heteroatoms. The Morgan fingerprint density at radius 3 is 2.66 bits per heavy atom. The maximum Gasteiger partial charge on any atom is 0.191 e. The summed E-state index contributed by atoms with van der Waals surface area (Å²) in [5, 5.41) is 7.97. The fourth-order valence-corrected chi connectivity index (χ4v) is 4.33. The Bertz CT molecular complexity index is 1150. The maximum absolute atomic E-state index is 4.42. The van der Waals surface area contributed by atoms with E-state index in [2.05, 4.69) is 85.6 Å². The van der Waals surface area contributed by atoms with E-state index in [1.54, 1.807) is 24.6 Å². The van der Waals surface area contributed by atoms with E-state index in [1.165, 1.54) is 27.1 Å². The second-order valence-corrected chi connectivity index (χ2v) is 8.88. The van der Waals surface area contributed by atoms with Crippen LogP contribution in [0.3, 0.4) is 0 Å². The van der Waals surface area contributed by atoms with Crippen molar-refractivity contribution >= 4 is 17.3 Å². The number of aliphatic imine (C=N–C) groups is 1. The van der Waals surface area contributed by atoms with Crippen LogP contribution < -0.4 is 10.6 Å². The van der Waals surface area contributed by atoms with Crippen molar-refractivity contribution in [2.45, 2.75) is 26.4 Å². The van der Waals surface area contributed by atoms with Gasteiger partial charge in [0.2, 0.25) is 0 Å². The number of aromatic nitrogens is 3. The Kier molecular flexibility index (Phi) is 7.30. The number of aryl methyl sites for hydroxylation is 1. The van der Waals surface area contributed by atoms with Crippen molar-refractivity contribution in [1.29, 1.82) is 0 Å². The number of nitrogens with one attached hydrogen (secondary N) is 2. The van der Waals surface area contributed by atoms with Crippen LogP contribution in [0.4, 0.5) is 0 Å². The predicted molar refractivity (Wildman–Crippen MR) is 132 cm³/mol. The summed E-state index contributed by atoms with van der Waals surface area (Å²) in [6.07, 6.45) is 8.44. The first kappa shape index (κ1) is 21.8. The molecule has 0 bridgehead atoms. The number of rotatable bonds is 8. The molecule has 0 spiro atoms. The van der Waals surface area contributed by atoms with Crippen LogP contribution in [0.15, 0.2) is 78.4 Å². The van der Waals surface area contributed by atoms with Crippen molar-refractivity contribution in [2.24, 2.45) is 4.99 Å². The lowest BCUT2D eigenvalue weighted by molar-refractivity contribution is 0.792. The van der Waals surface area contributed by atoms with Gasteiger partial charge in [0.15, 0.2) is 5.96 Å². The highest BCUT2D eigenvalue weighted by atomic mass is 32.1. The zero-order valence-corrected chi connectivity index (χ0v) is 19.3. The number of hydrogen-bond acceptors (Lipinski definition) is 4. The van der Waals surface area contributed by atoms with Gasteiger partial charge in [0.1, 0.15) is 0 Å². The molecule has 0 saturated heterocycles. The fourth-order valence-electron chi connectivity index (χ4n) is 3.54. The summed E-state index contributed by atoms with van der Waals surface area (Å²) in [5.74, 6) is 0.795. The summed E-state index contributed by atoms with van der Waals surface area (Å²) in [5.41, 5.74) is 4.91. The molecule has 164 valence electrons. The number of benzene rings is 2. The second-order valence-electron chi connectivity index (χ2n) is 7.56. The third-order valence-electron chi connectivity index (χ3n) is 5.18. The molecule has 4 rings (SSSR count). The highest BCUT2D eigenvalue weighted by molar-refractivity contribution is 7.11. The molecular weight excluding hydrogens is 416 g/mol. The van der Waals surface area contributed by atoms with Gasteiger partial charge in [-0.3, -0.25) is 4.99 Å². The molecule has 32 heavy (non-hydrogen) atoms. The average molecular weight is 445 g/mol. The summed E-state index contributed by atoms with van der Waals surface area (Å²) in [6.45, 7) is 4.40.